The maximum atomic E-state index is 10.0. The van der Waals surface area contributed by atoms with Crippen LogP contribution < -0.4 is 10.2 Å². The van der Waals surface area contributed by atoms with Crippen LogP contribution in [-0.2, 0) is 6.54 Å². The van der Waals surface area contributed by atoms with Gasteiger partial charge >= 0.3 is 0 Å². The second-order valence-corrected chi connectivity index (χ2v) is 5.91. The summed E-state index contributed by atoms with van der Waals surface area (Å²) in [4.78, 5) is 2.33. The van der Waals surface area contributed by atoms with Crippen LogP contribution in [-0.4, -0.2) is 30.3 Å². The van der Waals surface area contributed by atoms with Gasteiger partial charge in [0.05, 0.1) is 5.60 Å². The molecule has 1 heterocycles. The molecular weight excluding hydrogens is 260 g/mol. The highest BCUT2D eigenvalue weighted by atomic mass is 35.5. The molecule has 0 unspecified atom stereocenters. The zero-order chi connectivity index (χ0) is 13.9. The lowest BCUT2D eigenvalue weighted by Gasteiger charge is -2.38. The van der Waals surface area contributed by atoms with E-state index in [9.17, 15) is 5.11 Å². The lowest BCUT2D eigenvalue weighted by Crippen LogP contribution is -2.42. The summed E-state index contributed by atoms with van der Waals surface area (Å²) in [6.07, 6.45) is 1.61. The third kappa shape index (κ3) is 3.62. The number of rotatable bonds is 4. The standard InChI is InChI=1S/C15H23ClN2O/c1-3-17-11-12-13(16)5-4-6-14(12)18-9-7-15(2,19)8-10-18/h4-6,17,19H,3,7-11H2,1-2H3. The fourth-order valence-corrected chi connectivity index (χ4v) is 2.73. The Labute approximate surface area is 120 Å². The highest BCUT2D eigenvalue weighted by Crippen LogP contribution is 2.31. The molecule has 0 atom stereocenters. The number of anilines is 1. The highest BCUT2D eigenvalue weighted by Gasteiger charge is 2.28. The van der Waals surface area contributed by atoms with Gasteiger partial charge in [-0.2, -0.15) is 0 Å². The first kappa shape index (κ1) is 14.6. The topological polar surface area (TPSA) is 35.5 Å². The molecule has 0 amide bonds. The Bertz CT molecular complexity index is 424. The lowest BCUT2D eigenvalue weighted by molar-refractivity contribution is 0.0351. The number of hydrogen-bond donors (Lipinski definition) is 2. The quantitative estimate of drug-likeness (QED) is 0.891. The van der Waals surface area contributed by atoms with Gasteiger partial charge in [0.25, 0.3) is 0 Å². The van der Waals surface area contributed by atoms with Crippen molar-refractivity contribution in [2.24, 2.45) is 0 Å². The first-order valence-electron chi connectivity index (χ1n) is 6.99. The molecule has 0 saturated carbocycles. The Hall–Kier alpha value is -0.770. The van der Waals surface area contributed by atoms with Gasteiger partial charge in [0, 0.05) is 35.9 Å². The summed E-state index contributed by atoms with van der Waals surface area (Å²) in [5, 5.41) is 14.2. The van der Waals surface area contributed by atoms with Crippen LogP contribution in [0, 0.1) is 0 Å². The van der Waals surface area contributed by atoms with Crippen molar-refractivity contribution in [1.82, 2.24) is 5.32 Å². The summed E-state index contributed by atoms with van der Waals surface area (Å²) in [7, 11) is 0. The maximum absolute atomic E-state index is 10.0. The van der Waals surface area contributed by atoms with Gasteiger partial charge in [0.1, 0.15) is 0 Å². The Morgan fingerprint density at radius 2 is 2.05 bits per heavy atom. The molecule has 1 saturated heterocycles. The molecule has 1 aromatic carbocycles. The van der Waals surface area contributed by atoms with Crippen LogP contribution in [0.15, 0.2) is 18.2 Å². The van der Waals surface area contributed by atoms with E-state index in [4.69, 9.17) is 11.6 Å². The van der Waals surface area contributed by atoms with Crippen LogP contribution >= 0.6 is 11.6 Å². The summed E-state index contributed by atoms with van der Waals surface area (Å²) in [6.45, 7) is 7.49. The maximum Gasteiger partial charge on any atom is 0.0653 e. The van der Waals surface area contributed by atoms with E-state index in [1.807, 2.05) is 19.1 Å². The zero-order valence-electron chi connectivity index (χ0n) is 11.7. The average molecular weight is 283 g/mol. The van der Waals surface area contributed by atoms with Crippen molar-refractivity contribution in [3.63, 3.8) is 0 Å². The lowest BCUT2D eigenvalue weighted by atomic mass is 9.93. The minimum atomic E-state index is -0.517. The molecule has 2 rings (SSSR count). The number of benzene rings is 1. The van der Waals surface area contributed by atoms with E-state index in [0.717, 1.165) is 49.6 Å². The molecule has 1 fully saturated rings. The molecule has 2 N–H and O–H groups in total. The van der Waals surface area contributed by atoms with Crippen molar-refractivity contribution in [3.05, 3.63) is 28.8 Å². The van der Waals surface area contributed by atoms with E-state index in [1.54, 1.807) is 0 Å². The molecule has 0 radical (unpaired) electrons. The van der Waals surface area contributed by atoms with E-state index in [0.29, 0.717) is 0 Å². The molecule has 1 aliphatic rings. The molecular formula is C15H23ClN2O. The zero-order valence-corrected chi connectivity index (χ0v) is 12.5. The second kappa shape index (κ2) is 6.12. The molecule has 0 spiro atoms. The van der Waals surface area contributed by atoms with Crippen molar-refractivity contribution in [2.45, 2.75) is 38.8 Å². The van der Waals surface area contributed by atoms with Gasteiger partial charge in [-0.25, -0.2) is 0 Å². The Kier molecular flexibility index (Phi) is 4.71. The Morgan fingerprint density at radius 3 is 2.68 bits per heavy atom. The van der Waals surface area contributed by atoms with Gasteiger partial charge in [0.2, 0.25) is 0 Å². The number of halogens is 1. The molecule has 0 bridgehead atoms. The SMILES string of the molecule is CCNCc1c(Cl)cccc1N1CCC(C)(O)CC1. The number of nitrogens with zero attached hydrogens (tertiary/aromatic N) is 1. The molecule has 3 nitrogen and oxygen atoms in total. The van der Waals surface area contributed by atoms with E-state index in [1.165, 1.54) is 5.69 Å². The molecule has 1 aliphatic heterocycles. The second-order valence-electron chi connectivity index (χ2n) is 5.50. The van der Waals surface area contributed by atoms with Crippen molar-refractivity contribution in [2.75, 3.05) is 24.5 Å². The third-order valence-electron chi connectivity index (χ3n) is 3.83. The van der Waals surface area contributed by atoms with Gasteiger partial charge in [-0.15, -0.1) is 0 Å². The van der Waals surface area contributed by atoms with Crippen LogP contribution in [0.2, 0.25) is 5.02 Å². The molecule has 1 aromatic rings. The minimum absolute atomic E-state index is 0.517. The highest BCUT2D eigenvalue weighted by molar-refractivity contribution is 6.31. The van der Waals surface area contributed by atoms with Crippen LogP contribution in [0.4, 0.5) is 5.69 Å². The smallest absolute Gasteiger partial charge is 0.0653 e. The van der Waals surface area contributed by atoms with Crippen LogP contribution in [0.5, 0.6) is 0 Å². The fourth-order valence-electron chi connectivity index (χ4n) is 2.50. The van der Waals surface area contributed by atoms with E-state index in [-0.39, 0.29) is 0 Å². The molecule has 0 aromatic heterocycles. The van der Waals surface area contributed by atoms with Crippen LogP contribution in [0.1, 0.15) is 32.3 Å². The third-order valence-corrected chi connectivity index (χ3v) is 4.18. The predicted octanol–water partition coefficient (Wildman–Crippen LogP) is 2.80. The molecule has 4 heteroatoms. The minimum Gasteiger partial charge on any atom is -0.390 e. The number of nitrogens with one attached hydrogen (secondary N) is 1. The van der Waals surface area contributed by atoms with Crippen molar-refractivity contribution < 1.29 is 5.11 Å². The van der Waals surface area contributed by atoms with E-state index < -0.39 is 5.60 Å². The predicted molar refractivity (Wildman–Crippen MR) is 80.9 cm³/mol. The summed E-state index contributed by atoms with van der Waals surface area (Å²) in [6, 6.07) is 6.07. The first-order chi connectivity index (χ1) is 9.03. The van der Waals surface area contributed by atoms with Crippen LogP contribution in [0.25, 0.3) is 0 Å². The number of hydrogen-bond acceptors (Lipinski definition) is 3. The first-order valence-corrected chi connectivity index (χ1v) is 7.37. The molecule has 19 heavy (non-hydrogen) atoms. The summed E-state index contributed by atoms with van der Waals surface area (Å²) in [5.74, 6) is 0. The van der Waals surface area contributed by atoms with Gasteiger partial charge in [-0.1, -0.05) is 24.6 Å². The van der Waals surface area contributed by atoms with Crippen molar-refractivity contribution >= 4 is 17.3 Å². The number of piperidine rings is 1. The van der Waals surface area contributed by atoms with E-state index >= 15 is 0 Å². The molecule has 0 aliphatic carbocycles. The van der Waals surface area contributed by atoms with Gasteiger partial charge in [-0.3, -0.25) is 0 Å². The number of aliphatic hydroxyl groups is 1. The largest absolute Gasteiger partial charge is 0.390 e. The van der Waals surface area contributed by atoms with Gasteiger partial charge < -0.3 is 15.3 Å². The monoisotopic (exact) mass is 282 g/mol. The van der Waals surface area contributed by atoms with Gasteiger partial charge in [0.15, 0.2) is 0 Å². The summed E-state index contributed by atoms with van der Waals surface area (Å²) in [5.41, 5.74) is 1.84. The molecule has 106 valence electrons. The normalized spacial score (nSPS) is 18.6. The van der Waals surface area contributed by atoms with E-state index in [2.05, 4.69) is 23.2 Å². The van der Waals surface area contributed by atoms with Crippen molar-refractivity contribution in [1.29, 1.82) is 0 Å². The van der Waals surface area contributed by atoms with Crippen molar-refractivity contribution in [3.8, 4) is 0 Å². The summed E-state index contributed by atoms with van der Waals surface area (Å²) >= 11 is 6.32. The summed E-state index contributed by atoms with van der Waals surface area (Å²) < 4.78 is 0. The Balaban J connectivity index is 2.17. The van der Waals surface area contributed by atoms with Crippen LogP contribution in [0.3, 0.4) is 0 Å². The Morgan fingerprint density at radius 1 is 1.37 bits per heavy atom. The fraction of sp³-hybridized carbons (Fsp3) is 0.600. The average Bonchev–Trinajstić information content (AvgIpc) is 2.37. The van der Waals surface area contributed by atoms with Gasteiger partial charge in [-0.05, 0) is 38.4 Å².